The van der Waals surface area contributed by atoms with E-state index >= 15 is 0 Å². The second-order valence-electron chi connectivity index (χ2n) is 4.92. The van der Waals surface area contributed by atoms with Gasteiger partial charge in [-0.15, -0.1) is 0 Å². The van der Waals surface area contributed by atoms with Crippen molar-refractivity contribution in [3.8, 4) is 0 Å². The second kappa shape index (κ2) is 5.36. The Morgan fingerprint density at radius 3 is 2.55 bits per heavy atom. The first-order chi connectivity index (χ1) is 9.43. The summed E-state index contributed by atoms with van der Waals surface area (Å²) < 4.78 is 4.82. The van der Waals surface area contributed by atoms with Gasteiger partial charge in [0.25, 0.3) is 0 Å². The van der Waals surface area contributed by atoms with Crippen molar-refractivity contribution in [2.24, 2.45) is 0 Å². The van der Waals surface area contributed by atoms with Crippen molar-refractivity contribution in [3.63, 3.8) is 0 Å². The van der Waals surface area contributed by atoms with E-state index in [1.807, 2.05) is 32.0 Å². The van der Waals surface area contributed by atoms with Gasteiger partial charge in [0.05, 0.1) is 18.7 Å². The molecule has 1 aliphatic rings. The number of amides is 2. The molecule has 5 heteroatoms. The van der Waals surface area contributed by atoms with Crippen LogP contribution >= 0.6 is 0 Å². The maximum atomic E-state index is 12.0. The van der Waals surface area contributed by atoms with Gasteiger partial charge in [0, 0.05) is 5.70 Å². The molecule has 0 unspecified atom stereocenters. The zero-order valence-corrected chi connectivity index (χ0v) is 12.0. The van der Waals surface area contributed by atoms with Crippen LogP contribution < -0.4 is 10.6 Å². The van der Waals surface area contributed by atoms with E-state index in [9.17, 15) is 9.59 Å². The lowest BCUT2D eigenvalue weighted by atomic mass is 9.91. The van der Waals surface area contributed by atoms with Gasteiger partial charge in [0.15, 0.2) is 0 Å². The molecule has 0 saturated heterocycles. The lowest BCUT2D eigenvalue weighted by Crippen LogP contribution is -2.45. The lowest BCUT2D eigenvalue weighted by molar-refractivity contribution is -0.136. The number of urea groups is 1. The number of benzene rings is 1. The Morgan fingerprint density at radius 1 is 1.25 bits per heavy atom. The first-order valence-electron chi connectivity index (χ1n) is 6.37. The zero-order valence-electron chi connectivity index (χ0n) is 12.0. The summed E-state index contributed by atoms with van der Waals surface area (Å²) in [6.45, 7) is 5.66. The van der Waals surface area contributed by atoms with Crippen molar-refractivity contribution in [2.45, 2.75) is 26.8 Å². The van der Waals surface area contributed by atoms with Gasteiger partial charge >= 0.3 is 12.0 Å². The highest BCUT2D eigenvalue weighted by Crippen LogP contribution is 2.29. The normalized spacial score (nSPS) is 18.4. The van der Waals surface area contributed by atoms with E-state index in [4.69, 9.17) is 4.74 Å². The summed E-state index contributed by atoms with van der Waals surface area (Å²) in [6.07, 6.45) is 0. The number of aryl methyl sites for hydroxylation is 2. The van der Waals surface area contributed by atoms with Crippen LogP contribution in [0.2, 0.25) is 0 Å². The molecule has 0 saturated carbocycles. The number of hydrogen-bond acceptors (Lipinski definition) is 3. The molecule has 0 bridgehead atoms. The van der Waals surface area contributed by atoms with Crippen LogP contribution in [0.15, 0.2) is 29.5 Å². The quantitative estimate of drug-likeness (QED) is 0.812. The van der Waals surface area contributed by atoms with E-state index in [2.05, 4.69) is 10.6 Å². The largest absolute Gasteiger partial charge is 0.466 e. The molecule has 0 aromatic heterocycles. The number of ether oxygens (including phenoxy) is 1. The van der Waals surface area contributed by atoms with Crippen molar-refractivity contribution in [1.29, 1.82) is 0 Å². The molecule has 1 aliphatic heterocycles. The summed E-state index contributed by atoms with van der Waals surface area (Å²) in [5.41, 5.74) is 3.99. The summed E-state index contributed by atoms with van der Waals surface area (Å²) in [7, 11) is 1.33. The van der Waals surface area contributed by atoms with Crippen molar-refractivity contribution in [1.82, 2.24) is 10.6 Å². The summed E-state index contributed by atoms with van der Waals surface area (Å²) in [6, 6.07) is 5.10. The first kappa shape index (κ1) is 14.1. The molecule has 1 atom stereocenters. The fourth-order valence-corrected chi connectivity index (χ4v) is 2.46. The van der Waals surface area contributed by atoms with Crippen LogP contribution in [0.5, 0.6) is 0 Å². The number of carbonyl (C=O) groups excluding carboxylic acids is 2. The average Bonchev–Trinajstić information content (AvgIpc) is 2.37. The molecule has 0 fully saturated rings. The third-order valence-corrected chi connectivity index (χ3v) is 3.41. The van der Waals surface area contributed by atoms with Gasteiger partial charge in [-0.25, -0.2) is 9.59 Å². The molecule has 0 spiro atoms. The van der Waals surface area contributed by atoms with E-state index < -0.39 is 12.0 Å². The molecule has 106 valence electrons. The van der Waals surface area contributed by atoms with Crippen LogP contribution in [0.1, 0.15) is 29.7 Å². The Labute approximate surface area is 118 Å². The van der Waals surface area contributed by atoms with Gasteiger partial charge in [0.2, 0.25) is 0 Å². The lowest BCUT2D eigenvalue weighted by Gasteiger charge is -2.28. The molecule has 2 rings (SSSR count). The molecule has 1 aromatic carbocycles. The number of esters is 1. The van der Waals surface area contributed by atoms with Gasteiger partial charge < -0.3 is 15.4 Å². The SMILES string of the molecule is COC(=O)C1=C(C)NC(=O)N[C@H]1c1ccc(C)cc1C. The zero-order chi connectivity index (χ0) is 14.9. The molecule has 5 nitrogen and oxygen atoms in total. The third-order valence-electron chi connectivity index (χ3n) is 3.41. The Morgan fingerprint density at radius 2 is 1.95 bits per heavy atom. The number of hydrogen-bond donors (Lipinski definition) is 2. The minimum atomic E-state index is -0.489. The Bertz CT molecular complexity index is 605. The van der Waals surface area contributed by atoms with Gasteiger partial charge in [-0.05, 0) is 31.9 Å². The van der Waals surface area contributed by atoms with Gasteiger partial charge in [-0.1, -0.05) is 23.8 Å². The van der Waals surface area contributed by atoms with Crippen molar-refractivity contribution in [2.75, 3.05) is 7.11 Å². The van der Waals surface area contributed by atoms with Crippen LogP contribution in [0.4, 0.5) is 4.79 Å². The highest BCUT2D eigenvalue weighted by atomic mass is 16.5. The van der Waals surface area contributed by atoms with Crippen molar-refractivity contribution in [3.05, 3.63) is 46.2 Å². The van der Waals surface area contributed by atoms with E-state index in [0.717, 1.165) is 16.7 Å². The summed E-state index contributed by atoms with van der Waals surface area (Å²) >= 11 is 0. The van der Waals surface area contributed by atoms with Crippen LogP contribution in [-0.2, 0) is 9.53 Å². The van der Waals surface area contributed by atoms with Crippen molar-refractivity contribution >= 4 is 12.0 Å². The van der Waals surface area contributed by atoms with Crippen LogP contribution in [0.25, 0.3) is 0 Å². The molecule has 1 heterocycles. The maximum absolute atomic E-state index is 12.0. The van der Waals surface area contributed by atoms with Gasteiger partial charge in [-0.2, -0.15) is 0 Å². The molecule has 0 aliphatic carbocycles. The maximum Gasteiger partial charge on any atom is 0.337 e. The highest BCUT2D eigenvalue weighted by Gasteiger charge is 2.32. The third kappa shape index (κ3) is 2.52. The fourth-order valence-electron chi connectivity index (χ4n) is 2.46. The molecule has 1 aromatic rings. The van der Waals surface area contributed by atoms with Crippen LogP contribution in [0.3, 0.4) is 0 Å². The van der Waals surface area contributed by atoms with Crippen molar-refractivity contribution < 1.29 is 14.3 Å². The number of rotatable bonds is 2. The second-order valence-corrected chi connectivity index (χ2v) is 4.92. The minimum absolute atomic E-state index is 0.319. The van der Waals surface area contributed by atoms with E-state index in [0.29, 0.717) is 11.3 Å². The average molecular weight is 274 g/mol. The van der Waals surface area contributed by atoms with E-state index in [1.54, 1.807) is 6.92 Å². The minimum Gasteiger partial charge on any atom is -0.466 e. The first-order valence-corrected chi connectivity index (χ1v) is 6.37. The number of nitrogens with one attached hydrogen (secondary N) is 2. The Balaban J connectivity index is 2.54. The predicted octanol–water partition coefficient (Wildman–Crippen LogP) is 2.10. The fraction of sp³-hybridized carbons (Fsp3) is 0.333. The topological polar surface area (TPSA) is 67.4 Å². The molecular formula is C15H18N2O3. The van der Waals surface area contributed by atoms with Crippen LogP contribution in [-0.4, -0.2) is 19.1 Å². The van der Waals surface area contributed by atoms with E-state index in [-0.39, 0.29) is 6.03 Å². The summed E-state index contributed by atoms with van der Waals surface area (Å²) in [4.78, 5) is 23.7. The number of carbonyl (C=O) groups is 2. The molecule has 2 amide bonds. The molecule has 0 radical (unpaired) electrons. The van der Waals surface area contributed by atoms with Gasteiger partial charge in [0.1, 0.15) is 0 Å². The molecule has 20 heavy (non-hydrogen) atoms. The molecule has 2 N–H and O–H groups in total. The predicted molar refractivity (Wildman–Crippen MR) is 75.0 cm³/mol. The number of allylic oxidation sites excluding steroid dienone is 1. The highest BCUT2D eigenvalue weighted by molar-refractivity contribution is 5.95. The Kier molecular flexibility index (Phi) is 3.79. The van der Waals surface area contributed by atoms with Crippen LogP contribution in [0, 0.1) is 13.8 Å². The Hall–Kier alpha value is -2.30. The smallest absolute Gasteiger partial charge is 0.337 e. The van der Waals surface area contributed by atoms with E-state index in [1.165, 1.54) is 7.11 Å². The summed E-state index contributed by atoms with van der Waals surface area (Å²) in [5, 5.41) is 5.38. The van der Waals surface area contributed by atoms with Gasteiger partial charge in [-0.3, -0.25) is 0 Å². The monoisotopic (exact) mass is 274 g/mol. The standard InChI is InChI=1S/C15H18N2O3/c1-8-5-6-11(9(2)7-8)13-12(14(18)20-4)10(3)16-15(19)17-13/h5-7,13H,1-4H3,(H2,16,17,19)/t13-/m0/s1. The molecular weight excluding hydrogens is 256 g/mol. The number of methoxy groups -OCH3 is 1. The summed E-state index contributed by atoms with van der Waals surface area (Å²) in [5.74, 6) is -0.444.